The maximum Gasteiger partial charge on any atom is 0.222 e. The van der Waals surface area contributed by atoms with E-state index in [1.165, 1.54) is 0 Å². The molecule has 86 valence electrons. The summed E-state index contributed by atoms with van der Waals surface area (Å²) in [4.78, 5) is 8.06. The average Bonchev–Trinajstić information content (AvgIpc) is 2.25. The standard InChI is InChI=1S/C9H15N7/c10-2-3-13-16-4-1-6-7(5-16)14-9(12)15-8(6)11/h1,4,13H,2-3,5,10H2,(H4,11,12,14,15). The first kappa shape index (κ1) is 10.7. The van der Waals surface area contributed by atoms with Gasteiger partial charge in [-0.25, -0.2) is 10.4 Å². The van der Waals surface area contributed by atoms with Gasteiger partial charge in [0, 0.05) is 24.9 Å². The number of nitrogens with zero attached hydrogens (tertiary/aromatic N) is 3. The number of hydrazine groups is 1. The highest BCUT2D eigenvalue weighted by Crippen LogP contribution is 2.21. The van der Waals surface area contributed by atoms with E-state index >= 15 is 0 Å². The normalized spacial score (nSPS) is 13.9. The molecule has 0 unspecified atom stereocenters. The van der Waals surface area contributed by atoms with Crippen molar-refractivity contribution in [3.05, 3.63) is 17.5 Å². The Morgan fingerprint density at radius 2 is 2.19 bits per heavy atom. The Hall–Kier alpha value is -1.86. The molecule has 0 aliphatic carbocycles. The van der Waals surface area contributed by atoms with E-state index in [0.717, 1.165) is 11.3 Å². The minimum absolute atomic E-state index is 0.199. The van der Waals surface area contributed by atoms with Crippen LogP contribution in [0.3, 0.4) is 0 Å². The molecule has 2 rings (SSSR count). The van der Waals surface area contributed by atoms with Crippen molar-refractivity contribution < 1.29 is 0 Å². The maximum atomic E-state index is 5.75. The number of nitrogens with two attached hydrogens (primary N) is 3. The van der Waals surface area contributed by atoms with Crippen LogP contribution in [0.2, 0.25) is 0 Å². The molecule has 0 aromatic carbocycles. The molecule has 0 saturated heterocycles. The van der Waals surface area contributed by atoms with Crippen LogP contribution in [-0.4, -0.2) is 28.1 Å². The summed E-state index contributed by atoms with van der Waals surface area (Å²) in [6.07, 6.45) is 3.74. The summed E-state index contributed by atoms with van der Waals surface area (Å²) >= 11 is 0. The summed E-state index contributed by atoms with van der Waals surface area (Å²) in [6.45, 7) is 1.88. The van der Waals surface area contributed by atoms with Gasteiger partial charge in [0.1, 0.15) is 5.82 Å². The first-order valence-corrected chi connectivity index (χ1v) is 5.01. The van der Waals surface area contributed by atoms with Crippen LogP contribution in [0, 0.1) is 0 Å². The second kappa shape index (κ2) is 4.33. The molecule has 7 heteroatoms. The molecule has 0 amide bonds. The number of hydrogen-bond acceptors (Lipinski definition) is 7. The summed E-state index contributed by atoms with van der Waals surface area (Å²) < 4.78 is 0. The van der Waals surface area contributed by atoms with Crippen molar-refractivity contribution in [1.82, 2.24) is 20.4 Å². The molecule has 0 bridgehead atoms. The fourth-order valence-corrected chi connectivity index (χ4v) is 1.55. The Morgan fingerprint density at radius 1 is 1.38 bits per heavy atom. The van der Waals surface area contributed by atoms with Crippen LogP contribution >= 0.6 is 0 Å². The third-order valence-corrected chi connectivity index (χ3v) is 2.27. The quantitative estimate of drug-likeness (QED) is 0.511. The number of fused-ring (bicyclic) bond motifs is 1. The van der Waals surface area contributed by atoms with Crippen molar-refractivity contribution in [3.8, 4) is 0 Å². The Bertz CT molecular complexity index is 415. The SMILES string of the molecule is NCCNN1C=Cc2c(N)nc(N)nc2C1. The smallest absolute Gasteiger partial charge is 0.222 e. The zero-order valence-electron chi connectivity index (χ0n) is 8.85. The van der Waals surface area contributed by atoms with Gasteiger partial charge in [-0.3, -0.25) is 0 Å². The lowest BCUT2D eigenvalue weighted by atomic mass is 10.1. The second-order valence-electron chi connectivity index (χ2n) is 3.47. The molecular weight excluding hydrogens is 206 g/mol. The number of rotatable bonds is 3. The molecule has 1 aromatic rings. The molecule has 1 aliphatic rings. The molecule has 7 nitrogen and oxygen atoms in total. The molecule has 16 heavy (non-hydrogen) atoms. The summed E-state index contributed by atoms with van der Waals surface area (Å²) in [5, 5.41) is 1.89. The van der Waals surface area contributed by atoms with E-state index in [1.807, 2.05) is 17.3 Å². The minimum Gasteiger partial charge on any atom is -0.383 e. The Kier molecular flexibility index (Phi) is 2.88. The van der Waals surface area contributed by atoms with Crippen LogP contribution in [0.15, 0.2) is 6.20 Å². The van der Waals surface area contributed by atoms with Crippen LogP contribution in [0.4, 0.5) is 11.8 Å². The van der Waals surface area contributed by atoms with Gasteiger partial charge in [0.25, 0.3) is 0 Å². The lowest BCUT2D eigenvalue weighted by Gasteiger charge is -2.25. The van der Waals surface area contributed by atoms with E-state index < -0.39 is 0 Å². The number of anilines is 2. The molecule has 0 atom stereocenters. The van der Waals surface area contributed by atoms with Crippen LogP contribution in [0.25, 0.3) is 6.08 Å². The van der Waals surface area contributed by atoms with Crippen LogP contribution in [0.5, 0.6) is 0 Å². The van der Waals surface area contributed by atoms with E-state index in [0.29, 0.717) is 25.5 Å². The van der Waals surface area contributed by atoms with Gasteiger partial charge in [-0.2, -0.15) is 4.98 Å². The van der Waals surface area contributed by atoms with Crippen molar-refractivity contribution in [1.29, 1.82) is 0 Å². The van der Waals surface area contributed by atoms with Crippen molar-refractivity contribution in [3.63, 3.8) is 0 Å². The molecule has 0 radical (unpaired) electrons. The number of nitrogen functional groups attached to an aromatic ring is 2. The van der Waals surface area contributed by atoms with E-state index in [-0.39, 0.29) is 5.95 Å². The number of hydrogen-bond donors (Lipinski definition) is 4. The van der Waals surface area contributed by atoms with Crippen LogP contribution < -0.4 is 22.6 Å². The topological polar surface area (TPSA) is 119 Å². The van der Waals surface area contributed by atoms with Gasteiger partial charge in [-0.15, -0.1) is 0 Å². The lowest BCUT2D eigenvalue weighted by Crippen LogP contribution is -2.38. The minimum atomic E-state index is 0.199. The third-order valence-electron chi connectivity index (χ3n) is 2.27. The molecule has 0 spiro atoms. The number of nitrogens with one attached hydrogen (secondary N) is 1. The zero-order chi connectivity index (χ0) is 11.5. The van der Waals surface area contributed by atoms with Gasteiger partial charge in [-0.05, 0) is 6.08 Å². The van der Waals surface area contributed by atoms with Crippen molar-refractivity contribution >= 4 is 17.8 Å². The first-order valence-electron chi connectivity index (χ1n) is 5.01. The fourth-order valence-electron chi connectivity index (χ4n) is 1.55. The highest BCUT2D eigenvalue weighted by Gasteiger charge is 2.15. The van der Waals surface area contributed by atoms with E-state index in [1.54, 1.807) is 0 Å². The lowest BCUT2D eigenvalue weighted by molar-refractivity contribution is 0.261. The van der Waals surface area contributed by atoms with Gasteiger partial charge < -0.3 is 22.2 Å². The molecule has 1 aromatic heterocycles. The fraction of sp³-hybridized carbons (Fsp3) is 0.333. The molecule has 1 aliphatic heterocycles. The summed E-state index contributed by atoms with van der Waals surface area (Å²) in [5.74, 6) is 0.613. The van der Waals surface area contributed by atoms with Gasteiger partial charge in [0.05, 0.1) is 12.2 Å². The monoisotopic (exact) mass is 221 g/mol. The maximum absolute atomic E-state index is 5.75. The first-order chi connectivity index (χ1) is 7.70. The van der Waals surface area contributed by atoms with Gasteiger partial charge >= 0.3 is 0 Å². The van der Waals surface area contributed by atoms with Gasteiger partial charge in [0.2, 0.25) is 5.95 Å². The number of aromatic nitrogens is 2. The highest BCUT2D eigenvalue weighted by atomic mass is 15.5. The van der Waals surface area contributed by atoms with Gasteiger partial charge in [0.15, 0.2) is 0 Å². The van der Waals surface area contributed by atoms with Crippen LogP contribution in [-0.2, 0) is 6.54 Å². The zero-order valence-corrected chi connectivity index (χ0v) is 8.85. The highest BCUT2D eigenvalue weighted by molar-refractivity contribution is 5.65. The summed E-state index contributed by atoms with van der Waals surface area (Å²) in [7, 11) is 0. The molecule has 0 fully saturated rings. The Labute approximate surface area is 93.3 Å². The van der Waals surface area contributed by atoms with Crippen LogP contribution in [0.1, 0.15) is 11.3 Å². The van der Waals surface area contributed by atoms with Crippen molar-refractivity contribution in [2.24, 2.45) is 5.73 Å². The molecule has 0 saturated carbocycles. The summed E-state index contributed by atoms with van der Waals surface area (Å²) in [5.41, 5.74) is 21.5. The van der Waals surface area contributed by atoms with Crippen molar-refractivity contribution in [2.75, 3.05) is 24.6 Å². The molecule has 2 heterocycles. The average molecular weight is 221 g/mol. The predicted octanol–water partition coefficient (Wildman–Crippen LogP) is -1.11. The van der Waals surface area contributed by atoms with Gasteiger partial charge in [-0.1, -0.05) is 0 Å². The Morgan fingerprint density at radius 3 is 2.94 bits per heavy atom. The largest absolute Gasteiger partial charge is 0.383 e. The Balaban J connectivity index is 2.20. The van der Waals surface area contributed by atoms with Crippen molar-refractivity contribution in [2.45, 2.75) is 6.54 Å². The third kappa shape index (κ3) is 2.05. The summed E-state index contributed by atoms with van der Waals surface area (Å²) in [6, 6.07) is 0. The second-order valence-corrected chi connectivity index (χ2v) is 3.47. The molecule has 7 N–H and O–H groups in total. The van der Waals surface area contributed by atoms with E-state index in [9.17, 15) is 0 Å². The molecular formula is C9H15N7. The van der Waals surface area contributed by atoms with E-state index in [2.05, 4.69) is 15.4 Å². The predicted molar refractivity (Wildman–Crippen MR) is 62.5 cm³/mol. The van der Waals surface area contributed by atoms with E-state index in [4.69, 9.17) is 17.2 Å².